The van der Waals surface area contributed by atoms with Crippen molar-refractivity contribution in [1.29, 1.82) is 0 Å². The molecule has 14 unspecified atom stereocenters. The zero-order chi connectivity index (χ0) is 67.2. The lowest BCUT2D eigenvalue weighted by molar-refractivity contribution is -0.332. The lowest BCUT2D eigenvalue weighted by atomic mass is 9.34. The van der Waals surface area contributed by atoms with Gasteiger partial charge in [-0.2, -0.15) is 0 Å². The molecule has 0 bridgehead atoms. The Hall–Kier alpha value is -1.40. The minimum Gasteiger partial charge on any atom is -0.394 e. The third kappa shape index (κ3) is 12.9. The van der Waals surface area contributed by atoms with E-state index in [2.05, 4.69) is 163 Å². The highest BCUT2D eigenvalue weighted by Gasteiger charge is 2.73. The summed E-state index contributed by atoms with van der Waals surface area (Å²) in [7, 11) is 0. The van der Waals surface area contributed by atoms with Crippen LogP contribution in [-0.2, 0) is 18.9 Å². The van der Waals surface area contributed by atoms with Gasteiger partial charge < -0.3 is 54.7 Å². The summed E-state index contributed by atoms with van der Waals surface area (Å²) in [5.41, 5.74) is 1.96. The fourth-order valence-electron chi connectivity index (χ4n) is 25.1. The van der Waals surface area contributed by atoms with Crippen LogP contribution in [0.25, 0.3) is 0 Å². The first kappa shape index (κ1) is 77.0. The van der Waals surface area contributed by atoms with Crippen LogP contribution in [0.5, 0.6) is 0 Å². The summed E-state index contributed by atoms with van der Waals surface area (Å²) in [6, 6.07) is 0. The Morgan fingerprint density at radius 3 is 1.38 bits per heavy atom. The summed E-state index contributed by atoms with van der Waals surface area (Å²) in [6.07, 6.45) is 25.7. The number of aliphatic hydroxyl groups excluding tert-OH is 5. The Morgan fingerprint density at radius 2 is 0.934 bits per heavy atom. The van der Waals surface area contributed by atoms with Gasteiger partial charge in [0.25, 0.3) is 0 Å². The van der Waals surface area contributed by atoms with Crippen molar-refractivity contribution in [2.45, 2.75) is 347 Å². The lowest BCUT2D eigenvalue weighted by Crippen LogP contribution is -2.67. The first-order valence-corrected chi connectivity index (χ1v) is 36.7. The van der Waals surface area contributed by atoms with Crippen molar-refractivity contribution in [2.24, 2.45) is 114 Å². The second kappa shape index (κ2) is 27.7. The van der Waals surface area contributed by atoms with Gasteiger partial charge in [0.2, 0.25) is 0 Å². The summed E-state index contributed by atoms with van der Waals surface area (Å²) in [5, 5.41) is 76.8. The van der Waals surface area contributed by atoms with Gasteiger partial charge in [0.15, 0.2) is 12.6 Å². The van der Waals surface area contributed by atoms with Gasteiger partial charge in [0.1, 0.15) is 24.4 Å². The first-order valence-electron chi connectivity index (χ1n) is 36.7. The van der Waals surface area contributed by atoms with E-state index in [1.54, 1.807) is 0 Å². The molecule has 30 atom stereocenters. The molecule has 0 aromatic heterocycles. The first-order chi connectivity index (χ1) is 41.7. The highest BCUT2D eigenvalue weighted by atomic mass is 16.7. The fraction of sp³-hybridized carbons (Fsp3) is 0.925. The topological polar surface area (TPSA) is 179 Å². The van der Waals surface area contributed by atoms with Gasteiger partial charge in [-0.3, -0.25) is 0 Å². The van der Waals surface area contributed by atoms with Crippen LogP contribution in [-0.4, -0.2) is 115 Å². The van der Waals surface area contributed by atoms with E-state index in [-0.39, 0.29) is 64.8 Å². The van der Waals surface area contributed by atoms with Crippen molar-refractivity contribution in [3.8, 4) is 12.8 Å². The molecule has 10 fully saturated rings. The van der Waals surface area contributed by atoms with Crippen molar-refractivity contribution in [1.82, 2.24) is 0 Å². The molecule has 0 radical (unpaired) electrons. The van der Waals surface area contributed by atoms with Gasteiger partial charge in [-0.1, -0.05) is 135 Å². The quantitative estimate of drug-likeness (QED) is 0.0500. The van der Waals surface area contributed by atoms with Crippen LogP contribution in [0.2, 0.25) is 0 Å². The molecule has 10 aliphatic rings. The molecule has 10 rings (SSSR count). The van der Waals surface area contributed by atoms with Crippen molar-refractivity contribution < 1.29 is 54.7 Å². The lowest BCUT2D eigenvalue weighted by Gasteiger charge is -2.71. The van der Waals surface area contributed by atoms with Crippen LogP contribution in [0.4, 0.5) is 0 Å². The number of fused-ring (bicyclic) bond motifs is 10. The second-order valence-corrected chi connectivity index (χ2v) is 36.4. The predicted molar refractivity (Wildman–Crippen MR) is 369 cm³/mol. The third-order valence-corrected chi connectivity index (χ3v) is 30.8. The molecular weight excluding hydrogens is 1140 g/mol. The molecule has 2 heterocycles. The van der Waals surface area contributed by atoms with E-state index in [1.165, 1.54) is 49.7 Å². The number of aliphatic hydroxyl groups is 7. The largest absolute Gasteiger partial charge is 0.394 e. The number of ether oxygens (including phenoxy) is 4. The van der Waals surface area contributed by atoms with Gasteiger partial charge in [0, 0.05) is 5.92 Å². The molecule has 0 aromatic rings. The molecule has 526 valence electrons. The van der Waals surface area contributed by atoms with E-state index >= 15 is 0 Å². The summed E-state index contributed by atoms with van der Waals surface area (Å²) in [4.78, 5) is 0. The van der Waals surface area contributed by atoms with Gasteiger partial charge in [-0.15, -0.1) is 12.8 Å². The smallest absolute Gasteiger partial charge is 0.186 e. The van der Waals surface area contributed by atoms with Gasteiger partial charge in [-0.05, 0) is 272 Å². The highest BCUT2D eigenvalue weighted by molar-refractivity contribution is 5.22. The van der Waals surface area contributed by atoms with Crippen LogP contribution in [0.1, 0.15) is 275 Å². The summed E-state index contributed by atoms with van der Waals surface area (Å²) >= 11 is 0. The van der Waals surface area contributed by atoms with Crippen LogP contribution < -0.4 is 0 Å². The fourth-order valence-corrected chi connectivity index (χ4v) is 25.1. The van der Waals surface area contributed by atoms with E-state index in [4.69, 9.17) is 18.9 Å². The van der Waals surface area contributed by atoms with E-state index in [0.717, 1.165) is 83.0 Å². The monoisotopic (exact) mass is 1280 g/mol. The van der Waals surface area contributed by atoms with Crippen molar-refractivity contribution in [3.63, 3.8) is 0 Å². The van der Waals surface area contributed by atoms with Gasteiger partial charge in [0.05, 0.1) is 42.2 Å². The molecule has 11 nitrogen and oxygen atoms in total. The maximum Gasteiger partial charge on any atom is 0.186 e. The van der Waals surface area contributed by atoms with Crippen molar-refractivity contribution in [3.05, 3.63) is 23.3 Å². The van der Waals surface area contributed by atoms with E-state index in [9.17, 15) is 35.7 Å². The van der Waals surface area contributed by atoms with Crippen molar-refractivity contribution >= 4 is 0 Å². The average molecular weight is 1280 g/mol. The Morgan fingerprint density at radius 1 is 0.516 bits per heavy atom. The zero-order valence-corrected chi connectivity index (χ0v) is 60.9. The predicted octanol–water partition coefficient (Wildman–Crippen LogP) is 16.1. The molecule has 2 saturated heterocycles. The van der Waals surface area contributed by atoms with E-state index in [0.29, 0.717) is 82.0 Å². The molecule has 11 heteroatoms. The Labute approximate surface area is 556 Å². The number of rotatable bonds is 14. The number of terminal acetylenes is 1. The average Bonchev–Trinajstić information content (AvgIpc) is 1.68. The van der Waals surface area contributed by atoms with Crippen molar-refractivity contribution in [2.75, 3.05) is 6.61 Å². The third-order valence-electron chi connectivity index (χ3n) is 30.8. The Bertz CT molecular complexity index is 2340. The van der Waals surface area contributed by atoms with Crippen LogP contribution in [0.3, 0.4) is 0 Å². The molecule has 2 aliphatic heterocycles. The standard InChI is InChI=1S/C41H72O3.C36H62O8.C2H2.CH4/c1-14-31-28(6)27(5)29(7)36(43-31)44-34-19-21-38(10)32(37(34,8)9)18-23-39(11)33(38)24-26(4)35-30(17-22-40(35,39)12)41(13,42)20-15-16-25(2)3;1-20(2)10-9-14-36(8,42)21-11-16-35(7)27(21)22(38)18-25-33(5)15-13-26(32(3,4)24(33)12-17-34(25,35)6)44-31-30(41)29(40)28(39)23(19-37)43-31;1-2;/h16,26-36,42H,14-15,17-24H2,1-13H3;10,21-31,37-42H,9,11-19H2,1-8H3;1-2H;1H4/t26-,27+,28+,29?,30?,31?,32?,33?,34?,35?,36+,38+,39-,40-,41+;21?,22-,23?,24?,25?,26?,27?,28-,29+,30?,31+,33+,34-,35-,36+;;/m11../s1. The summed E-state index contributed by atoms with van der Waals surface area (Å²) in [6.45, 7) is 49.2. The number of hydrogen-bond donors (Lipinski definition) is 7. The SMILES string of the molecule is C.C#C.CC(C)=CCC[C@](C)(O)C1CC[C@]2(C)C1[C@H](O)CC1[C@@]3(C)CCC(O[C@@H]4OC(CO)[C@@H](O)[C@H](O)C4O)C(C)(C)C3CC[C@]12C.CCC1O[C@@H](OC2CC[C@@]3(C)C(CC[C@]4(C)C3C[C@@H](C)C3C([C@@](C)(O)CCC=C(C)C)CC[C@]34C)C2(C)C)C(C)[C@@H](C)[C@@H]1C. The minimum absolute atomic E-state index is 0. The highest BCUT2D eigenvalue weighted by Crippen LogP contribution is 2.79. The van der Waals surface area contributed by atoms with Crippen LogP contribution in [0.15, 0.2) is 23.3 Å². The van der Waals surface area contributed by atoms with Gasteiger partial charge >= 0.3 is 0 Å². The molecule has 0 aromatic carbocycles. The molecule has 8 aliphatic carbocycles. The summed E-state index contributed by atoms with van der Waals surface area (Å²) in [5.74, 6) is 5.49. The van der Waals surface area contributed by atoms with E-state index < -0.39 is 54.6 Å². The number of allylic oxidation sites excluding steroid dienone is 4. The number of hydrogen-bond acceptors (Lipinski definition) is 11. The maximum absolute atomic E-state index is 12.0. The maximum atomic E-state index is 12.0. The molecule has 7 N–H and O–H groups in total. The molecule has 0 spiro atoms. The Kier molecular flexibility index (Phi) is 23.4. The summed E-state index contributed by atoms with van der Waals surface area (Å²) < 4.78 is 26.0. The zero-order valence-electron chi connectivity index (χ0n) is 60.9. The van der Waals surface area contributed by atoms with Crippen LogP contribution in [0, 0.1) is 127 Å². The Balaban J connectivity index is 0.000000249. The second-order valence-electron chi connectivity index (χ2n) is 36.4. The molecule has 8 saturated carbocycles. The normalized spacial score (nSPS) is 49.8. The van der Waals surface area contributed by atoms with Gasteiger partial charge in [-0.25, -0.2) is 0 Å². The minimum atomic E-state index is -1.46. The molecule has 91 heavy (non-hydrogen) atoms. The van der Waals surface area contributed by atoms with E-state index in [1.807, 2.05) is 6.92 Å². The molecular formula is C80H140O11. The van der Waals surface area contributed by atoms with Crippen LogP contribution >= 0.6 is 0 Å². The molecule has 0 amide bonds.